The number of anilines is 1. The van der Waals surface area contributed by atoms with Crippen LogP contribution in [-0.2, 0) is 4.79 Å². The van der Waals surface area contributed by atoms with Crippen LogP contribution in [0.1, 0.15) is 24.5 Å². The van der Waals surface area contributed by atoms with Crippen LogP contribution in [0, 0.1) is 17.6 Å². The molecule has 0 radical (unpaired) electrons. The summed E-state index contributed by atoms with van der Waals surface area (Å²) in [6, 6.07) is 3.18. The number of benzene rings is 1. The van der Waals surface area contributed by atoms with Crippen LogP contribution in [0.2, 0.25) is 0 Å². The molecule has 0 spiro atoms. The summed E-state index contributed by atoms with van der Waals surface area (Å²) in [7, 11) is 0. The SMILES string of the molecule is O=C(NC[C@@H](O)c1ccc(F)c(F)c1)[C@H]1CCCN(c2cnccn2)C1. The van der Waals surface area contributed by atoms with E-state index < -0.39 is 17.7 Å². The molecule has 2 heterocycles. The number of piperidine rings is 1. The van der Waals surface area contributed by atoms with Gasteiger partial charge in [-0.3, -0.25) is 9.78 Å². The highest BCUT2D eigenvalue weighted by molar-refractivity contribution is 5.79. The number of aromatic nitrogens is 2. The number of nitrogens with zero attached hydrogens (tertiary/aromatic N) is 3. The first-order valence-electron chi connectivity index (χ1n) is 8.46. The second kappa shape index (κ2) is 8.18. The maximum absolute atomic E-state index is 13.2. The minimum atomic E-state index is -1.10. The third-order valence-corrected chi connectivity index (χ3v) is 4.46. The molecule has 2 N–H and O–H groups in total. The first-order chi connectivity index (χ1) is 12.5. The van der Waals surface area contributed by atoms with Crippen molar-refractivity contribution in [3.05, 3.63) is 54.0 Å². The van der Waals surface area contributed by atoms with Crippen molar-refractivity contribution in [2.24, 2.45) is 5.92 Å². The van der Waals surface area contributed by atoms with Gasteiger partial charge in [0.05, 0.1) is 18.2 Å². The molecule has 2 atom stereocenters. The topological polar surface area (TPSA) is 78.4 Å². The molecule has 1 aliphatic rings. The quantitative estimate of drug-likeness (QED) is 0.848. The Morgan fingerprint density at radius 3 is 2.92 bits per heavy atom. The average Bonchev–Trinajstić information content (AvgIpc) is 2.68. The predicted molar refractivity (Wildman–Crippen MR) is 91.3 cm³/mol. The molecule has 1 aromatic carbocycles. The lowest BCUT2D eigenvalue weighted by molar-refractivity contribution is -0.125. The monoisotopic (exact) mass is 362 g/mol. The van der Waals surface area contributed by atoms with Crippen molar-refractivity contribution < 1.29 is 18.7 Å². The molecule has 0 saturated carbocycles. The van der Waals surface area contributed by atoms with Gasteiger partial charge >= 0.3 is 0 Å². The molecule has 3 rings (SSSR count). The van der Waals surface area contributed by atoms with Crippen molar-refractivity contribution in [3.8, 4) is 0 Å². The van der Waals surface area contributed by atoms with Gasteiger partial charge in [-0.15, -0.1) is 0 Å². The lowest BCUT2D eigenvalue weighted by atomic mass is 9.97. The van der Waals surface area contributed by atoms with Crippen LogP contribution in [0.4, 0.5) is 14.6 Å². The molecule has 26 heavy (non-hydrogen) atoms. The number of aliphatic hydroxyl groups excluding tert-OH is 1. The van der Waals surface area contributed by atoms with Crippen molar-refractivity contribution in [2.75, 3.05) is 24.5 Å². The van der Waals surface area contributed by atoms with Crippen molar-refractivity contribution in [3.63, 3.8) is 0 Å². The number of amides is 1. The fraction of sp³-hybridized carbons (Fsp3) is 0.389. The van der Waals surface area contributed by atoms with Gasteiger partial charge in [-0.1, -0.05) is 6.07 Å². The molecule has 6 nitrogen and oxygen atoms in total. The molecule has 1 aliphatic heterocycles. The molecule has 1 fully saturated rings. The van der Waals surface area contributed by atoms with Crippen LogP contribution >= 0.6 is 0 Å². The van der Waals surface area contributed by atoms with E-state index in [1.165, 1.54) is 6.07 Å². The highest BCUT2D eigenvalue weighted by atomic mass is 19.2. The fourth-order valence-corrected chi connectivity index (χ4v) is 3.03. The predicted octanol–water partition coefficient (Wildman–Crippen LogP) is 1.82. The number of rotatable bonds is 5. The van der Waals surface area contributed by atoms with Gasteiger partial charge in [0, 0.05) is 32.0 Å². The Hall–Kier alpha value is -2.61. The second-order valence-electron chi connectivity index (χ2n) is 6.28. The van der Waals surface area contributed by atoms with E-state index in [2.05, 4.69) is 15.3 Å². The minimum absolute atomic E-state index is 0.0639. The lowest BCUT2D eigenvalue weighted by Crippen LogP contribution is -2.44. The summed E-state index contributed by atoms with van der Waals surface area (Å²) >= 11 is 0. The lowest BCUT2D eigenvalue weighted by Gasteiger charge is -2.32. The van der Waals surface area contributed by atoms with Crippen LogP contribution in [0.25, 0.3) is 0 Å². The molecule has 1 aromatic heterocycles. The van der Waals surface area contributed by atoms with Crippen LogP contribution in [-0.4, -0.2) is 40.6 Å². The van der Waals surface area contributed by atoms with E-state index in [9.17, 15) is 18.7 Å². The molecule has 0 aliphatic carbocycles. The summed E-state index contributed by atoms with van der Waals surface area (Å²) in [6.07, 6.45) is 5.35. The van der Waals surface area contributed by atoms with E-state index in [0.717, 1.165) is 37.3 Å². The van der Waals surface area contributed by atoms with E-state index in [1.54, 1.807) is 18.6 Å². The molecular formula is C18H20F2N4O2. The first-order valence-corrected chi connectivity index (χ1v) is 8.46. The van der Waals surface area contributed by atoms with E-state index in [0.29, 0.717) is 6.54 Å². The molecule has 0 bridgehead atoms. The number of halogens is 2. The largest absolute Gasteiger partial charge is 0.387 e. The summed E-state index contributed by atoms with van der Waals surface area (Å²) in [5.74, 6) is -1.69. The van der Waals surface area contributed by atoms with Gasteiger partial charge in [-0.25, -0.2) is 13.8 Å². The van der Waals surface area contributed by atoms with Crippen molar-refractivity contribution in [2.45, 2.75) is 18.9 Å². The molecule has 0 unspecified atom stereocenters. The van der Waals surface area contributed by atoms with Crippen molar-refractivity contribution in [1.29, 1.82) is 0 Å². The van der Waals surface area contributed by atoms with E-state index >= 15 is 0 Å². The third-order valence-electron chi connectivity index (χ3n) is 4.46. The standard InChI is InChI=1S/C18H20F2N4O2/c19-14-4-3-12(8-15(14)20)16(25)9-23-18(26)13-2-1-7-24(11-13)17-10-21-5-6-22-17/h3-6,8,10,13,16,25H,1-2,7,9,11H2,(H,23,26)/t13-,16+/m0/s1. The smallest absolute Gasteiger partial charge is 0.225 e. The minimum Gasteiger partial charge on any atom is -0.387 e. The van der Waals surface area contributed by atoms with Crippen LogP contribution < -0.4 is 10.2 Å². The van der Waals surface area contributed by atoms with Crippen LogP contribution in [0.5, 0.6) is 0 Å². The summed E-state index contributed by atoms with van der Waals surface area (Å²) in [5, 5.41) is 12.8. The number of hydrogen-bond donors (Lipinski definition) is 2. The summed E-state index contributed by atoms with van der Waals surface area (Å²) in [4.78, 5) is 22.7. The number of carbonyl (C=O) groups excluding carboxylic acids is 1. The molecular weight excluding hydrogens is 342 g/mol. The van der Waals surface area contributed by atoms with E-state index in [1.807, 2.05) is 4.90 Å². The van der Waals surface area contributed by atoms with Crippen LogP contribution in [0.3, 0.4) is 0 Å². The van der Waals surface area contributed by atoms with Crippen molar-refractivity contribution >= 4 is 11.7 Å². The highest BCUT2D eigenvalue weighted by Gasteiger charge is 2.27. The summed E-state index contributed by atoms with van der Waals surface area (Å²) in [5.41, 5.74) is 0.217. The van der Waals surface area contributed by atoms with Gasteiger partial charge in [0.2, 0.25) is 5.91 Å². The zero-order valence-electron chi connectivity index (χ0n) is 14.1. The average molecular weight is 362 g/mol. The Kier molecular flexibility index (Phi) is 5.72. The van der Waals surface area contributed by atoms with Gasteiger partial charge < -0.3 is 15.3 Å². The fourth-order valence-electron chi connectivity index (χ4n) is 3.03. The van der Waals surface area contributed by atoms with Gasteiger partial charge in [-0.2, -0.15) is 0 Å². The normalized spacial score (nSPS) is 18.4. The third kappa shape index (κ3) is 4.32. The molecule has 8 heteroatoms. The zero-order valence-corrected chi connectivity index (χ0v) is 14.1. The molecule has 138 valence electrons. The van der Waals surface area contributed by atoms with E-state index in [4.69, 9.17) is 0 Å². The number of aliphatic hydroxyl groups is 1. The molecule has 2 aromatic rings. The van der Waals surface area contributed by atoms with Gasteiger partial charge in [0.15, 0.2) is 11.6 Å². The highest BCUT2D eigenvalue weighted by Crippen LogP contribution is 2.21. The van der Waals surface area contributed by atoms with Gasteiger partial charge in [-0.05, 0) is 30.5 Å². The maximum atomic E-state index is 13.2. The summed E-state index contributed by atoms with van der Waals surface area (Å²) < 4.78 is 26.2. The zero-order chi connectivity index (χ0) is 18.5. The Morgan fingerprint density at radius 2 is 2.19 bits per heavy atom. The molecule has 1 amide bonds. The Bertz CT molecular complexity index is 760. The van der Waals surface area contributed by atoms with Crippen LogP contribution in [0.15, 0.2) is 36.8 Å². The van der Waals surface area contributed by atoms with E-state index in [-0.39, 0.29) is 23.9 Å². The number of carbonyl (C=O) groups is 1. The Balaban J connectivity index is 1.55. The van der Waals surface area contributed by atoms with Gasteiger partial charge in [0.25, 0.3) is 0 Å². The Morgan fingerprint density at radius 1 is 1.35 bits per heavy atom. The number of hydrogen-bond acceptors (Lipinski definition) is 5. The van der Waals surface area contributed by atoms with Crippen molar-refractivity contribution in [1.82, 2.24) is 15.3 Å². The number of nitrogens with one attached hydrogen (secondary N) is 1. The second-order valence-corrected chi connectivity index (χ2v) is 6.28. The summed E-state index contributed by atoms with van der Waals surface area (Å²) in [6.45, 7) is 1.26. The maximum Gasteiger partial charge on any atom is 0.225 e. The molecule has 1 saturated heterocycles. The van der Waals surface area contributed by atoms with Gasteiger partial charge in [0.1, 0.15) is 5.82 Å². The first kappa shape index (κ1) is 18.2. The Labute approximate surface area is 149 Å².